The highest BCUT2D eigenvalue weighted by molar-refractivity contribution is 9.10. The van der Waals surface area contributed by atoms with Crippen LogP contribution in [0.4, 0.5) is 5.69 Å². The Morgan fingerprint density at radius 1 is 0.808 bits per heavy atom. The van der Waals surface area contributed by atoms with Gasteiger partial charge in [-0.3, -0.25) is 4.79 Å². The summed E-state index contributed by atoms with van der Waals surface area (Å²) >= 11 is 9.49. The number of hydrogen-bond donors (Lipinski definition) is 0. The topological polar surface area (TPSA) is 20.3 Å². The van der Waals surface area contributed by atoms with Crippen molar-refractivity contribution in [3.63, 3.8) is 0 Å². The van der Waals surface area contributed by atoms with Gasteiger partial charge in [-0.15, -0.1) is 0 Å². The third-order valence-corrected chi connectivity index (χ3v) is 5.25. The Morgan fingerprint density at radius 2 is 1.46 bits per heavy atom. The molecule has 1 aliphatic heterocycles. The molecule has 0 atom stereocenters. The lowest BCUT2D eigenvalue weighted by Crippen LogP contribution is -2.26. The maximum Gasteiger partial charge on any atom is 0.259 e. The third kappa shape index (κ3) is 3.20. The molecule has 3 aromatic carbocycles. The maximum absolute atomic E-state index is 13.3. The van der Waals surface area contributed by atoms with Gasteiger partial charge in [-0.25, -0.2) is 0 Å². The van der Waals surface area contributed by atoms with Crippen molar-refractivity contribution >= 4 is 50.3 Å². The van der Waals surface area contributed by atoms with Gasteiger partial charge in [-0.05, 0) is 53.1 Å². The molecule has 0 aliphatic carbocycles. The molecular formula is C22H15BrClNO. The predicted molar refractivity (Wildman–Crippen MR) is 111 cm³/mol. The lowest BCUT2D eigenvalue weighted by molar-refractivity contribution is -0.112. The van der Waals surface area contributed by atoms with Gasteiger partial charge in [0.1, 0.15) is 0 Å². The minimum Gasteiger partial charge on any atom is -0.304 e. The number of hydrogen-bond acceptors (Lipinski definition) is 1. The fourth-order valence-corrected chi connectivity index (χ4v) is 3.58. The molecule has 1 aliphatic rings. The van der Waals surface area contributed by atoms with Crippen molar-refractivity contribution < 1.29 is 4.79 Å². The molecule has 2 nitrogen and oxygen atoms in total. The van der Waals surface area contributed by atoms with Crippen molar-refractivity contribution in [1.82, 2.24) is 0 Å². The number of rotatable bonds is 3. The van der Waals surface area contributed by atoms with Crippen molar-refractivity contribution in [1.29, 1.82) is 0 Å². The fourth-order valence-electron chi connectivity index (χ4n) is 3.19. The van der Waals surface area contributed by atoms with Crippen molar-refractivity contribution in [3.05, 3.63) is 99.5 Å². The lowest BCUT2D eigenvalue weighted by Gasteiger charge is -2.17. The Morgan fingerprint density at radius 3 is 2.12 bits per heavy atom. The number of anilines is 1. The minimum atomic E-state index is 0.0171. The Kier molecular flexibility index (Phi) is 4.66. The first-order valence-electron chi connectivity index (χ1n) is 8.25. The Balaban J connectivity index is 1.82. The quantitative estimate of drug-likeness (QED) is 0.500. The highest BCUT2D eigenvalue weighted by Crippen LogP contribution is 2.37. The average molecular weight is 425 g/mol. The van der Waals surface area contributed by atoms with Crippen molar-refractivity contribution in [2.45, 2.75) is 0 Å². The largest absolute Gasteiger partial charge is 0.304 e. The highest BCUT2D eigenvalue weighted by Gasteiger charge is 2.32. The first kappa shape index (κ1) is 17.1. The van der Waals surface area contributed by atoms with Gasteiger partial charge in [0, 0.05) is 15.2 Å². The maximum atomic E-state index is 13.3. The number of nitrogens with zero attached hydrogens (tertiary/aromatic N) is 1. The van der Waals surface area contributed by atoms with Gasteiger partial charge in [-0.1, -0.05) is 70.0 Å². The number of amides is 1. The number of halogens is 2. The monoisotopic (exact) mass is 423 g/mol. The van der Waals surface area contributed by atoms with Crippen LogP contribution in [0.3, 0.4) is 0 Å². The second-order valence-corrected chi connectivity index (χ2v) is 7.45. The SMILES string of the molecule is O=C1C(c2ccccc2)=C(c2ccc(Cl)cc2)CN1c1ccc(Br)cc1. The molecule has 0 N–H and O–H groups in total. The van der Waals surface area contributed by atoms with E-state index in [0.717, 1.165) is 32.4 Å². The van der Waals surface area contributed by atoms with Crippen LogP contribution in [0.15, 0.2) is 83.3 Å². The normalized spacial score (nSPS) is 14.2. The molecule has 0 saturated carbocycles. The summed E-state index contributed by atoms with van der Waals surface area (Å²) in [5.74, 6) is 0.0171. The zero-order chi connectivity index (χ0) is 18.1. The Hall–Kier alpha value is -2.36. The molecule has 26 heavy (non-hydrogen) atoms. The highest BCUT2D eigenvalue weighted by atomic mass is 79.9. The molecule has 0 spiro atoms. The van der Waals surface area contributed by atoms with Gasteiger partial charge in [0.15, 0.2) is 0 Å². The molecule has 1 amide bonds. The molecule has 3 aromatic rings. The zero-order valence-electron chi connectivity index (χ0n) is 13.8. The van der Waals surface area contributed by atoms with E-state index in [2.05, 4.69) is 15.9 Å². The summed E-state index contributed by atoms with van der Waals surface area (Å²) in [4.78, 5) is 15.1. The van der Waals surface area contributed by atoms with Crippen LogP contribution in [-0.4, -0.2) is 12.5 Å². The van der Waals surface area contributed by atoms with E-state index >= 15 is 0 Å². The summed E-state index contributed by atoms with van der Waals surface area (Å²) in [6, 6.07) is 25.3. The van der Waals surface area contributed by atoms with Gasteiger partial charge < -0.3 is 4.90 Å². The molecule has 0 saturated heterocycles. The van der Waals surface area contributed by atoms with E-state index < -0.39 is 0 Å². The van der Waals surface area contributed by atoms with E-state index in [-0.39, 0.29) is 5.91 Å². The van der Waals surface area contributed by atoms with Crippen LogP contribution in [0.2, 0.25) is 5.02 Å². The minimum absolute atomic E-state index is 0.0171. The van der Waals surface area contributed by atoms with Crippen molar-refractivity contribution in [2.75, 3.05) is 11.4 Å². The summed E-state index contributed by atoms with van der Waals surface area (Å²) in [7, 11) is 0. The van der Waals surface area contributed by atoms with Crippen LogP contribution in [0.25, 0.3) is 11.1 Å². The van der Waals surface area contributed by atoms with Crippen LogP contribution >= 0.6 is 27.5 Å². The summed E-state index contributed by atoms with van der Waals surface area (Å²) in [5, 5.41) is 0.685. The van der Waals surface area contributed by atoms with Gasteiger partial charge in [0.25, 0.3) is 5.91 Å². The second-order valence-electron chi connectivity index (χ2n) is 6.09. The van der Waals surface area contributed by atoms with Gasteiger partial charge in [-0.2, -0.15) is 0 Å². The average Bonchev–Trinajstić information content (AvgIpc) is 3.01. The molecule has 4 rings (SSSR count). The molecule has 0 bridgehead atoms. The fraction of sp³-hybridized carbons (Fsp3) is 0.0455. The van der Waals surface area contributed by atoms with Gasteiger partial charge in [0.2, 0.25) is 0 Å². The van der Waals surface area contributed by atoms with Crippen LogP contribution in [0.5, 0.6) is 0 Å². The molecule has 1 heterocycles. The molecular weight excluding hydrogens is 410 g/mol. The van der Waals surface area contributed by atoms with Crippen molar-refractivity contribution in [3.8, 4) is 0 Å². The zero-order valence-corrected chi connectivity index (χ0v) is 16.2. The molecule has 0 radical (unpaired) electrons. The molecule has 0 aromatic heterocycles. The standard InChI is InChI=1S/C22H15BrClNO/c23-17-8-12-19(13-9-17)25-14-20(15-6-10-18(24)11-7-15)21(22(25)26)16-4-2-1-3-5-16/h1-13H,14H2. The first-order valence-corrected chi connectivity index (χ1v) is 9.42. The number of carbonyl (C=O) groups is 1. The molecule has 0 fully saturated rings. The summed E-state index contributed by atoms with van der Waals surface area (Å²) in [5.41, 5.74) is 4.59. The van der Waals surface area contributed by atoms with E-state index in [1.54, 1.807) is 0 Å². The summed E-state index contributed by atoms with van der Waals surface area (Å²) in [6.45, 7) is 0.534. The molecule has 4 heteroatoms. The van der Waals surface area contributed by atoms with Crippen LogP contribution < -0.4 is 4.90 Å². The smallest absolute Gasteiger partial charge is 0.259 e. The molecule has 128 valence electrons. The van der Waals surface area contributed by atoms with E-state index in [1.165, 1.54) is 0 Å². The molecule has 0 unspecified atom stereocenters. The number of benzene rings is 3. The van der Waals surface area contributed by atoms with Crippen LogP contribution in [-0.2, 0) is 4.79 Å². The van der Waals surface area contributed by atoms with Crippen molar-refractivity contribution in [2.24, 2.45) is 0 Å². The van der Waals surface area contributed by atoms with E-state index in [0.29, 0.717) is 11.6 Å². The van der Waals surface area contributed by atoms with Crippen LogP contribution in [0.1, 0.15) is 11.1 Å². The van der Waals surface area contributed by atoms with Gasteiger partial charge in [0.05, 0.1) is 12.1 Å². The second kappa shape index (κ2) is 7.10. The Labute approximate surface area is 165 Å². The van der Waals surface area contributed by atoms with Gasteiger partial charge >= 0.3 is 0 Å². The number of carbonyl (C=O) groups excluding carboxylic acids is 1. The predicted octanol–water partition coefficient (Wildman–Crippen LogP) is 6.06. The van der Waals surface area contributed by atoms with E-state index in [1.807, 2.05) is 83.8 Å². The summed E-state index contributed by atoms with van der Waals surface area (Å²) < 4.78 is 0.988. The van der Waals surface area contributed by atoms with E-state index in [4.69, 9.17) is 11.6 Å². The first-order chi connectivity index (χ1) is 12.6. The lowest BCUT2D eigenvalue weighted by atomic mass is 9.97. The Bertz CT molecular complexity index is 979. The third-order valence-electron chi connectivity index (χ3n) is 4.47. The van der Waals surface area contributed by atoms with E-state index in [9.17, 15) is 4.79 Å². The van der Waals surface area contributed by atoms with Crippen LogP contribution in [0, 0.1) is 0 Å². The summed E-state index contributed by atoms with van der Waals surface area (Å²) in [6.07, 6.45) is 0.